The number of amides is 1. The second-order valence-corrected chi connectivity index (χ2v) is 5.75. The van der Waals surface area contributed by atoms with Gasteiger partial charge in [0.1, 0.15) is 11.4 Å². The number of rotatable bonds is 5. The van der Waals surface area contributed by atoms with Crippen molar-refractivity contribution in [1.82, 2.24) is 15.3 Å². The molecule has 24 heavy (non-hydrogen) atoms. The summed E-state index contributed by atoms with van der Waals surface area (Å²) in [6.45, 7) is 2.80. The van der Waals surface area contributed by atoms with Crippen molar-refractivity contribution in [2.75, 3.05) is 27.4 Å². The summed E-state index contributed by atoms with van der Waals surface area (Å²) < 4.78 is 16.2. The van der Waals surface area contributed by atoms with Crippen molar-refractivity contribution in [3.05, 3.63) is 41.5 Å². The molecule has 1 aromatic carbocycles. The second-order valence-electron chi connectivity index (χ2n) is 5.75. The highest BCUT2D eigenvalue weighted by molar-refractivity contribution is 5.97. The van der Waals surface area contributed by atoms with Crippen LogP contribution in [0, 0.1) is 6.92 Å². The van der Waals surface area contributed by atoms with Crippen LogP contribution in [-0.2, 0) is 10.3 Å². The molecule has 0 saturated carbocycles. The van der Waals surface area contributed by atoms with Crippen LogP contribution in [0.3, 0.4) is 0 Å². The zero-order valence-electron chi connectivity index (χ0n) is 14.0. The monoisotopic (exact) mass is 331 g/mol. The first-order valence-corrected chi connectivity index (χ1v) is 7.73. The Kier molecular flexibility index (Phi) is 4.44. The maximum absolute atomic E-state index is 12.9. The first-order chi connectivity index (χ1) is 11.6. The lowest BCUT2D eigenvalue weighted by atomic mass is 9.96. The van der Waals surface area contributed by atoms with Crippen LogP contribution in [0.15, 0.2) is 24.5 Å². The van der Waals surface area contributed by atoms with Crippen LogP contribution in [0.25, 0.3) is 0 Å². The van der Waals surface area contributed by atoms with Crippen molar-refractivity contribution in [1.29, 1.82) is 0 Å². The van der Waals surface area contributed by atoms with Gasteiger partial charge in [0.2, 0.25) is 0 Å². The van der Waals surface area contributed by atoms with E-state index in [1.165, 1.54) is 0 Å². The third-order valence-corrected chi connectivity index (χ3v) is 4.36. The quantitative estimate of drug-likeness (QED) is 0.872. The van der Waals surface area contributed by atoms with Gasteiger partial charge in [0.25, 0.3) is 5.91 Å². The van der Waals surface area contributed by atoms with E-state index in [1.807, 2.05) is 6.92 Å². The summed E-state index contributed by atoms with van der Waals surface area (Å²) in [4.78, 5) is 20.3. The van der Waals surface area contributed by atoms with Crippen LogP contribution in [0.4, 0.5) is 0 Å². The minimum atomic E-state index is -0.639. The van der Waals surface area contributed by atoms with Crippen molar-refractivity contribution in [2.24, 2.45) is 0 Å². The standard InChI is InChI=1S/C17H21N3O4/c1-11-12(4-5-13(22-2)14(11)23-3)15(21)20-17(6-9-24-10-17)16-18-7-8-19-16/h4-5,7-8H,6,9-10H2,1-3H3,(H,18,19)(H,20,21). The van der Waals surface area contributed by atoms with Crippen LogP contribution < -0.4 is 14.8 Å². The Morgan fingerprint density at radius 3 is 2.79 bits per heavy atom. The number of hydrogen-bond donors (Lipinski definition) is 2. The summed E-state index contributed by atoms with van der Waals surface area (Å²) in [6, 6.07) is 3.46. The van der Waals surface area contributed by atoms with E-state index >= 15 is 0 Å². The van der Waals surface area contributed by atoms with E-state index in [9.17, 15) is 4.79 Å². The van der Waals surface area contributed by atoms with Gasteiger partial charge in [0.15, 0.2) is 11.5 Å². The van der Waals surface area contributed by atoms with Gasteiger partial charge in [-0.25, -0.2) is 4.98 Å². The molecule has 0 aliphatic carbocycles. The second kappa shape index (κ2) is 6.52. The Bertz CT molecular complexity index is 722. The van der Waals surface area contributed by atoms with Gasteiger partial charge in [-0.15, -0.1) is 0 Å². The first-order valence-electron chi connectivity index (χ1n) is 7.73. The lowest BCUT2D eigenvalue weighted by Crippen LogP contribution is -2.47. The summed E-state index contributed by atoms with van der Waals surface area (Å²) in [5.41, 5.74) is 0.619. The van der Waals surface area contributed by atoms with E-state index < -0.39 is 5.54 Å². The van der Waals surface area contributed by atoms with Gasteiger partial charge in [-0.2, -0.15) is 0 Å². The lowest BCUT2D eigenvalue weighted by molar-refractivity contribution is 0.0868. The first kappa shape index (κ1) is 16.3. The van der Waals surface area contributed by atoms with E-state index in [2.05, 4.69) is 15.3 Å². The van der Waals surface area contributed by atoms with Gasteiger partial charge in [0.05, 0.1) is 20.8 Å². The molecular formula is C17H21N3O4. The molecular weight excluding hydrogens is 310 g/mol. The van der Waals surface area contributed by atoms with Crippen molar-refractivity contribution < 1.29 is 19.0 Å². The van der Waals surface area contributed by atoms with E-state index in [0.29, 0.717) is 42.5 Å². The minimum absolute atomic E-state index is 0.199. The smallest absolute Gasteiger partial charge is 0.252 e. The molecule has 0 spiro atoms. The molecule has 0 bridgehead atoms. The Balaban J connectivity index is 1.92. The van der Waals surface area contributed by atoms with E-state index in [-0.39, 0.29) is 5.91 Å². The molecule has 1 amide bonds. The zero-order valence-corrected chi connectivity index (χ0v) is 14.0. The van der Waals surface area contributed by atoms with Crippen molar-refractivity contribution in [3.8, 4) is 11.5 Å². The average Bonchev–Trinajstić information content (AvgIpc) is 3.26. The number of methoxy groups -OCH3 is 2. The largest absolute Gasteiger partial charge is 0.493 e. The number of hydrogen-bond acceptors (Lipinski definition) is 5. The fraction of sp³-hybridized carbons (Fsp3) is 0.412. The fourth-order valence-electron chi connectivity index (χ4n) is 3.05. The third-order valence-electron chi connectivity index (χ3n) is 4.36. The molecule has 1 aromatic heterocycles. The molecule has 1 saturated heterocycles. The Morgan fingerprint density at radius 1 is 1.38 bits per heavy atom. The Labute approximate surface area is 140 Å². The molecule has 2 heterocycles. The topological polar surface area (TPSA) is 85.5 Å². The SMILES string of the molecule is COc1ccc(C(=O)NC2(c3ncc[nH]3)CCOC2)c(C)c1OC. The van der Waals surface area contributed by atoms with Crippen LogP contribution in [0.2, 0.25) is 0 Å². The lowest BCUT2D eigenvalue weighted by Gasteiger charge is -2.27. The summed E-state index contributed by atoms with van der Waals surface area (Å²) >= 11 is 0. The van der Waals surface area contributed by atoms with Gasteiger partial charge in [-0.1, -0.05) is 0 Å². The van der Waals surface area contributed by atoms with Gasteiger partial charge in [-0.05, 0) is 19.1 Å². The number of carbonyl (C=O) groups is 1. The van der Waals surface area contributed by atoms with Crippen molar-refractivity contribution in [2.45, 2.75) is 18.9 Å². The minimum Gasteiger partial charge on any atom is -0.493 e. The number of nitrogens with one attached hydrogen (secondary N) is 2. The van der Waals surface area contributed by atoms with E-state index in [0.717, 1.165) is 5.56 Å². The predicted molar refractivity (Wildman–Crippen MR) is 87.5 cm³/mol. The molecule has 1 atom stereocenters. The summed E-state index contributed by atoms with van der Waals surface area (Å²) in [5, 5.41) is 3.09. The van der Waals surface area contributed by atoms with Crippen LogP contribution in [0.5, 0.6) is 11.5 Å². The molecule has 7 heteroatoms. The highest BCUT2D eigenvalue weighted by Gasteiger charge is 2.41. The molecule has 1 aliphatic rings. The molecule has 2 N–H and O–H groups in total. The normalized spacial score (nSPS) is 20.0. The average molecular weight is 331 g/mol. The molecule has 1 fully saturated rings. The van der Waals surface area contributed by atoms with E-state index in [1.54, 1.807) is 38.7 Å². The van der Waals surface area contributed by atoms with Crippen molar-refractivity contribution >= 4 is 5.91 Å². The summed E-state index contributed by atoms with van der Waals surface area (Å²) in [6.07, 6.45) is 4.07. The van der Waals surface area contributed by atoms with Crippen molar-refractivity contribution in [3.63, 3.8) is 0 Å². The number of benzene rings is 1. The number of H-pyrrole nitrogens is 1. The van der Waals surface area contributed by atoms with Crippen LogP contribution >= 0.6 is 0 Å². The van der Waals surface area contributed by atoms with Gasteiger partial charge in [-0.3, -0.25) is 4.79 Å². The Morgan fingerprint density at radius 2 is 2.21 bits per heavy atom. The molecule has 128 valence electrons. The molecule has 1 unspecified atom stereocenters. The van der Waals surface area contributed by atoms with Gasteiger partial charge in [0, 0.05) is 36.5 Å². The number of ether oxygens (including phenoxy) is 3. The number of nitrogens with zero attached hydrogens (tertiary/aromatic N) is 1. The maximum Gasteiger partial charge on any atom is 0.252 e. The molecule has 1 aliphatic heterocycles. The number of imidazole rings is 1. The van der Waals surface area contributed by atoms with E-state index in [4.69, 9.17) is 14.2 Å². The van der Waals surface area contributed by atoms with Gasteiger partial charge < -0.3 is 24.5 Å². The van der Waals surface area contributed by atoms with Gasteiger partial charge >= 0.3 is 0 Å². The maximum atomic E-state index is 12.9. The third kappa shape index (κ3) is 2.71. The van der Waals surface area contributed by atoms with Crippen LogP contribution in [-0.4, -0.2) is 43.3 Å². The summed E-state index contributed by atoms with van der Waals surface area (Å²) in [7, 11) is 3.13. The molecule has 7 nitrogen and oxygen atoms in total. The molecule has 2 aromatic rings. The zero-order chi connectivity index (χ0) is 17.2. The number of carbonyl (C=O) groups excluding carboxylic acids is 1. The predicted octanol–water partition coefficient (Wildman–Crippen LogP) is 1.78. The van der Waals surface area contributed by atoms with Crippen LogP contribution in [0.1, 0.15) is 28.2 Å². The molecule has 3 rings (SSSR count). The fourth-order valence-corrected chi connectivity index (χ4v) is 3.05. The Hall–Kier alpha value is -2.54. The highest BCUT2D eigenvalue weighted by Crippen LogP contribution is 2.34. The number of aromatic nitrogens is 2. The highest BCUT2D eigenvalue weighted by atomic mass is 16.5. The number of aromatic amines is 1. The molecule has 0 radical (unpaired) electrons. The summed E-state index contributed by atoms with van der Waals surface area (Å²) in [5.74, 6) is 1.65.